The van der Waals surface area contributed by atoms with Gasteiger partial charge in [0.2, 0.25) is 10.0 Å². The Balaban J connectivity index is 1.92. The Morgan fingerprint density at radius 1 is 1.12 bits per heavy atom. The minimum Gasteiger partial charge on any atom is -0.328 e. The number of nitrogens with two attached hydrogens (primary N) is 1. The Labute approximate surface area is 98.2 Å². The molecule has 0 aromatic heterocycles. The minimum atomic E-state index is -3.02. The lowest BCUT2D eigenvalue weighted by molar-refractivity contribution is 0.268. The highest BCUT2D eigenvalue weighted by Crippen LogP contribution is 2.32. The van der Waals surface area contributed by atoms with E-state index in [1.54, 1.807) is 11.4 Å². The lowest BCUT2D eigenvalue weighted by atomic mass is 9.92. The SMILES string of the molecule is CN(C1CCC(N)CC1)S(=O)(=O)CC1CC1. The van der Waals surface area contributed by atoms with Crippen LogP contribution in [0.25, 0.3) is 0 Å². The fourth-order valence-corrected chi connectivity index (χ4v) is 4.22. The van der Waals surface area contributed by atoms with Gasteiger partial charge in [0, 0.05) is 19.1 Å². The Morgan fingerprint density at radius 2 is 1.69 bits per heavy atom. The van der Waals surface area contributed by atoms with E-state index in [4.69, 9.17) is 5.73 Å². The molecule has 2 N–H and O–H groups in total. The van der Waals surface area contributed by atoms with Crippen LogP contribution in [-0.2, 0) is 10.0 Å². The smallest absolute Gasteiger partial charge is 0.214 e. The highest BCUT2D eigenvalue weighted by molar-refractivity contribution is 7.89. The summed E-state index contributed by atoms with van der Waals surface area (Å²) in [6, 6.07) is 0.458. The zero-order valence-electron chi connectivity index (χ0n) is 9.93. The van der Waals surface area contributed by atoms with Crippen LogP contribution in [-0.4, -0.2) is 37.6 Å². The van der Waals surface area contributed by atoms with Crippen molar-refractivity contribution in [1.29, 1.82) is 0 Å². The normalized spacial score (nSPS) is 31.9. The summed E-state index contributed by atoms with van der Waals surface area (Å²) in [5.74, 6) is 0.782. The summed E-state index contributed by atoms with van der Waals surface area (Å²) < 4.78 is 25.7. The first kappa shape index (κ1) is 12.3. The zero-order chi connectivity index (χ0) is 11.8. The second kappa shape index (κ2) is 4.63. The second-order valence-corrected chi connectivity index (χ2v) is 7.38. The zero-order valence-corrected chi connectivity index (χ0v) is 10.7. The topological polar surface area (TPSA) is 63.4 Å². The predicted molar refractivity (Wildman–Crippen MR) is 64.5 cm³/mol. The summed E-state index contributed by atoms with van der Waals surface area (Å²) in [6.07, 6.45) is 5.91. The van der Waals surface area contributed by atoms with Crippen LogP contribution in [0.4, 0.5) is 0 Å². The molecule has 0 heterocycles. The Bertz CT molecular complexity index is 330. The van der Waals surface area contributed by atoms with Gasteiger partial charge in [-0.15, -0.1) is 0 Å². The third-order valence-corrected chi connectivity index (χ3v) is 5.91. The molecule has 0 spiro atoms. The van der Waals surface area contributed by atoms with E-state index in [1.807, 2.05) is 0 Å². The quantitative estimate of drug-likeness (QED) is 0.802. The highest BCUT2D eigenvalue weighted by Gasteiger charge is 2.34. The van der Waals surface area contributed by atoms with E-state index in [1.165, 1.54) is 0 Å². The van der Waals surface area contributed by atoms with Crippen LogP contribution in [0, 0.1) is 5.92 Å². The van der Waals surface area contributed by atoms with E-state index in [0.29, 0.717) is 11.7 Å². The van der Waals surface area contributed by atoms with Crippen molar-refractivity contribution < 1.29 is 8.42 Å². The largest absolute Gasteiger partial charge is 0.328 e. The first-order chi connectivity index (χ1) is 7.49. The van der Waals surface area contributed by atoms with E-state index < -0.39 is 10.0 Å². The fourth-order valence-electron chi connectivity index (χ4n) is 2.39. The molecule has 4 nitrogen and oxygen atoms in total. The number of sulfonamides is 1. The Hall–Kier alpha value is -0.130. The minimum absolute atomic E-state index is 0.184. The van der Waals surface area contributed by atoms with Gasteiger partial charge < -0.3 is 5.73 Å². The van der Waals surface area contributed by atoms with Gasteiger partial charge in [0.25, 0.3) is 0 Å². The summed E-state index contributed by atoms with van der Waals surface area (Å²) in [7, 11) is -1.29. The average molecular weight is 246 g/mol. The van der Waals surface area contributed by atoms with Crippen LogP contribution in [0.5, 0.6) is 0 Å². The summed E-state index contributed by atoms with van der Waals surface area (Å²) >= 11 is 0. The summed E-state index contributed by atoms with van der Waals surface area (Å²) in [5, 5.41) is 0. The molecule has 0 aromatic rings. The summed E-state index contributed by atoms with van der Waals surface area (Å²) in [5.41, 5.74) is 5.83. The molecule has 2 rings (SSSR count). The molecule has 0 unspecified atom stereocenters. The maximum absolute atomic E-state index is 12.1. The van der Waals surface area contributed by atoms with Crippen LogP contribution in [0.3, 0.4) is 0 Å². The molecule has 2 fully saturated rings. The molecule has 5 heteroatoms. The van der Waals surface area contributed by atoms with Gasteiger partial charge in [-0.2, -0.15) is 0 Å². The van der Waals surface area contributed by atoms with Crippen molar-refractivity contribution >= 4 is 10.0 Å². The van der Waals surface area contributed by atoms with Gasteiger partial charge in [-0.05, 0) is 44.4 Å². The van der Waals surface area contributed by atoms with E-state index in [0.717, 1.165) is 38.5 Å². The van der Waals surface area contributed by atoms with Crippen LogP contribution in [0.15, 0.2) is 0 Å². The molecule has 2 saturated carbocycles. The lowest BCUT2D eigenvalue weighted by Gasteiger charge is -2.32. The van der Waals surface area contributed by atoms with E-state index in [9.17, 15) is 8.42 Å². The molecule has 0 atom stereocenters. The number of rotatable bonds is 4. The third kappa shape index (κ3) is 2.96. The highest BCUT2D eigenvalue weighted by atomic mass is 32.2. The predicted octanol–water partition coefficient (Wildman–Crippen LogP) is 0.928. The van der Waals surface area contributed by atoms with Crippen LogP contribution >= 0.6 is 0 Å². The van der Waals surface area contributed by atoms with Crippen molar-refractivity contribution in [3.05, 3.63) is 0 Å². The average Bonchev–Trinajstić information content (AvgIpc) is 3.01. The van der Waals surface area contributed by atoms with Crippen molar-refractivity contribution in [2.45, 2.75) is 50.6 Å². The lowest BCUT2D eigenvalue weighted by Crippen LogP contribution is -2.42. The Morgan fingerprint density at radius 3 is 2.19 bits per heavy atom. The number of hydrogen-bond donors (Lipinski definition) is 1. The van der Waals surface area contributed by atoms with E-state index in [2.05, 4.69) is 0 Å². The summed E-state index contributed by atoms with van der Waals surface area (Å²) in [4.78, 5) is 0. The molecule has 94 valence electrons. The first-order valence-electron chi connectivity index (χ1n) is 6.20. The molecule has 0 aliphatic heterocycles. The van der Waals surface area contributed by atoms with Crippen LogP contribution in [0.1, 0.15) is 38.5 Å². The standard InChI is InChI=1S/C11H22N2O2S/c1-13(11-6-4-10(12)5-7-11)16(14,15)8-9-2-3-9/h9-11H,2-8,12H2,1H3. The second-order valence-electron chi connectivity index (χ2n) is 5.31. The molecular weight excluding hydrogens is 224 g/mol. The maximum atomic E-state index is 12.1. The molecule has 0 amide bonds. The molecule has 0 radical (unpaired) electrons. The number of hydrogen-bond acceptors (Lipinski definition) is 3. The molecule has 0 saturated heterocycles. The molecule has 2 aliphatic carbocycles. The van der Waals surface area contributed by atoms with Gasteiger partial charge in [0.05, 0.1) is 5.75 Å². The van der Waals surface area contributed by atoms with Gasteiger partial charge in [-0.25, -0.2) is 12.7 Å². The van der Waals surface area contributed by atoms with Crippen molar-refractivity contribution in [2.24, 2.45) is 11.7 Å². The first-order valence-corrected chi connectivity index (χ1v) is 7.81. The van der Waals surface area contributed by atoms with Crippen molar-refractivity contribution in [2.75, 3.05) is 12.8 Å². The van der Waals surface area contributed by atoms with Gasteiger partial charge in [0.1, 0.15) is 0 Å². The molecule has 16 heavy (non-hydrogen) atoms. The molecule has 0 bridgehead atoms. The van der Waals surface area contributed by atoms with E-state index in [-0.39, 0.29) is 12.1 Å². The van der Waals surface area contributed by atoms with Crippen molar-refractivity contribution in [3.63, 3.8) is 0 Å². The summed E-state index contributed by atoms with van der Waals surface area (Å²) in [6.45, 7) is 0. The third-order valence-electron chi connectivity index (χ3n) is 3.84. The number of nitrogens with zero attached hydrogens (tertiary/aromatic N) is 1. The van der Waals surface area contributed by atoms with Crippen molar-refractivity contribution in [1.82, 2.24) is 4.31 Å². The van der Waals surface area contributed by atoms with Crippen LogP contribution < -0.4 is 5.73 Å². The van der Waals surface area contributed by atoms with Gasteiger partial charge in [-0.3, -0.25) is 0 Å². The van der Waals surface area contributed by atoms with Gasteiger partial charge >= 0.3 is 0 Å². The maximum Gasteiger partial charge on any atom is 0.214 e. The molecular formula is C11H22N2O2S. The van der Waals surface area contributed by atoms with E-state index >= 15 is 0 Å². The van der Waals surface area contributed by atoms with Crippen molar-refractivity contribution in [3.8, 4) is 0 Å². The molecule has 2 aliphatic rings. The van der Waals surface area contributed by atoms with Gasteiger partial charge in [-0.1, -0.05) is 0 Å². The monoisotopic (exact) mass is 246 g/mol. The fraction of sp³-hybridized carbons (Fsp3) is 1.00. The Kier molecular flexibility index (Phi) is 3.56. The van der Waals surface area contributed by atoms with Crippen LogP contribution in [0.2, 0.25) is 0 Å². The van der Waals surface area contributed by atoms with Gasteiger partial charge in [0.15, 0.2) is 0 Å². The molecule has 0 aromatic carbocycles.